The molecule has 4 heterocycles. The monoisotopic (exact) mass is 770 g/mol. The molecule has 0 bridgehead atoms. The number of nitro benzene ring substituents is 1. The van der Waals surface area contributed by atoms with Gasteiger partial charge >= 0.3 is 12.2 Å². The van der Waals surface area contributed by atoms with Crippen LogP contribution >= 0.6 is 0 Å². The van der Waals surface area contributed by atoms with Gasteiger partial charge in [-0.3, -0.25) is 15.1 Å². The molecule has 5 aromatic rings. The number of β-amino-alcohol motifs (C(OH)–C–C–N with tert-alkyl or cyclic N) is 1. The first-order chi connectivity index (χ1) is 27.0. The molecular weight excluding hydrogens is 726 g/mol. The Bertz CT molecular complexity index is 2240. The van der Waals surface area contributed by atoms with Crippen molar-refractivity contribution < 1.29 is 37.8 Å². The largest absolute Gasteiger partial charge is 0.513 e. The van der Waals surface area contributed by atoms with Crippen molar-refractivity contribution in [2.24, 2.45) is 5.92 Å². The first-order valence-electron chi connectivity index (χ1n) is 19.0. The van der Waals surface area contributed by atoms with Crippen LogP contribution in [0.5, 0.6) is 11.8 Å². The van der Waals surface area contributed by atoms with E-state index in [1.54, 1.807) is 31.3 Å². The molecule has 294 valence electrons. The van der Waals surface area contributed by atoms with Crippen molar-refractivity contribution in [2.45, 2.75) is 70.4 Å². The number of halogens is 2. The molecule has 13 nitrogen and oxygen atoms in total. The minimum atomic E-state index is -0.972. The third-order valence-electron chi connectivity index (χ3n) is 10.6. The maximum absolute atomic E-state index is 16.9. The highest BCUT2D eigenvalue weighted by atomic mass is 19.1. The van der Waals surface area contributed by atoms with Crippen LogP contribution in [-0.2, 0) is 11.2 Å². The number of nitrogens with one attached hydrogen (secondary N) is 1. The summed E-state index contributed by atoms with van der Waals surface area (Å²) in [6.45, 7) is 5.52. The summed E-state index contributed by atoms with van der Waals surface area (Å²) in [4.78, 5) is 38.6. The Hall–Kier alpha value is -5.54. The van der Waals surface area contributed by atoms with Gasteiger partial charge in [-0.25, -0.2) is 13.6 Å². The summed E-state index contributed by atoms with van der Waals surface area (Å²) >= 11 is 0. The Morgan fingerprint density at radius 3 is 2.66 bits per heavy atom. The molecule has 0 amide bonds. The Morgan fingerprint density at radius 1 is 1.07 bits per heavy atom. The zero-order valence-corrected chi connectivity index (χ0v) is 31.3. The molecule has 7 rings (SSSR count). The molecule has 0 aliphatic carbocycles. The van der Waals surface area contributed by atoms with Crippen molar-refractivity contribution >= 4 is 39.3 Å². The molecule has 3 atom stereocenters. The van der Waals surface area contributed by atoms with Gasteiger partial charge in [0.1, 0.15) is 35.2 Å². The number of piperidine rings is 1. The third-order valence-corrected chi connectivity index (χ3v) is 10.6. The van der Waals surface area contributed by atoms with E-state index in [2.05, 4.69) is 15.3 Å². The van der Waals surface area contributed by atoms with Crippen molar-refractivity contribution in [3.63, 3.8) is 0 Å². The Kier molecular flexibility index (Phi) is 11.5. The second kappa shape index (κ2) is 16.7. The van der Waals surface area contributed by atoms with E-state index in [1.165, 1.54) is 30.3 Å². The molecule has 2 saturated heterocycles. The maximum atomic E-state index is 16.9. The lowest BCUT2D eigenvalue weighted by atomic mass is 9.94. The number of benzene rings is 3. The molecule has 2 aliphatic rings. The van der Waals surface area contributed by atoms with E-state index in [-0.39, 0.29) is 66.2 Å². The maximum Gasteiger partial charge on any atom is 0.513 e. The summed E-state index contributed by atoms with van der Waals surface area (Å²) in [5, 5.41) is 27.0. The standard InChI is InChI=1S/C41H44F2N6O7/c1-3-30-33(42)17-11-26-8-4-9-31(34(26)30)36-35(43)37-32(21-45-36)38(48-20-6-18-41(2,51)24-48)47-39(46-37)54-22-25-7-5-19-44-27(12-10-25)23-55-40(50)56-29-15-13-28(14-16-29)49(52)53/h4,8-9,11,13-17,21,25,27,44,51H,3,5-7,10,12,18-20,22-24H2,1-2H3/t25-,27+,41-/m1/s1. The quantitative estimate of drug-likeness (QED) is 0.0618. The van der Waals surface area contributed by atoms with Gasteiger partial charge in [0, 0.05) is 43.0 Å². The Labute approximate surface area is 322 Å². The fourth-order valence-corrected chi connectivity index (χ4v) is 7.70. The first-order valence-corrected chi connectivity index (χ1v) is 19.0. The number of non-ortho nitro benzene ring substituents is 1. The normalized spacial score (nSPS) is 20.3. The summed E-state index contributed by atoms with van der Waals surface area (Å²) in [5.74, 6) is -0.389. The van der Waals surface area contributed by atoms with Crippen molar-refractivity contribution in [1.82, 2.24) is 20.3 Å². The summed E-state index contributed by atoms with van der Waals surface area (Å²) in [7, 11) is 0. The predicted molar refractivity (Wildman–Crippen MR) is 206 cm³/mol. The minimum Gasteiger partial charge on any atom is -0.463 e. The van der Waals surface area contributed by atoms with E-state index >= 15 is 8.78 Å². The van der Waals surface area contributed by atoms with Crippen LogP contribution in [-0.4, -0.2) is 75.6 Å². The number of nitro groups is 1. The third kappa shape index (κ3) is 8.63. The van der Waals surface area contributed by atoms with E-state index in [0.29, 0.717) is 66.5 Å². The molecule has 56 heavy (non-hydrogen) atoms. The molecule has 2 aromatic heterocycles. The lowest BCUT2D eigenvalue weighted by Gasteiger charge is -2.37. The van der Waals surface area contributed by atoms with Crippen LogP contribution < -0.4 is 19.7 Å². The highest BCUT2D eigenvalue weighted by Gasteiger charge is 2.32. The van der Waals surface area contributed by atoms with E-state index < -0.39 is 22.5 Å². The number of pyridine rings is 1. The van der Waals surface area contributed by atoms with Crippen molar-refractivity contribution in [1.29, 1.82) is 0 Å². The van der Waals surface area contributed by atoms with E-state index in [0.717, 1.165) is 24.6 Å². The number of fused-ring (bicyclic) bond motifs is 2. The number of hydrogen-bond acceptors (Lipinski definition) is 12. The van der Waals surface area contributed by atoms with Gasteiger partial charge in [-0.15, -0.1) is 0 Å². The number of nitrogens with zero attached hydrogens (tertiary/aromatic N) is 5. The summed E-state index contributed by atoms with van der Waals surface area (Å²) < 4.78 is 48.7. The highest BCUT2D eigenvalue weighted by molar-refractivity contribution is 6.00. The fourth-order valence-electron chi connectivity index (χ4n) is 7.70. The van der Waals surface area contributed by atoms with Gasteiger partial charge in [-0.1, -0.05) is 31.2 Å². The predicted octanol–water partition coefficient (Wildman–Crippen LogP) is 7.69. The van der Waals surface area contributed by atoms with Gasteiger partial charge in [0.05, 0.1) is 22.5 Å². The number of hydrogen-bond donors (Lipinski definition) is 2. The SMILES string of the molecule is CCc1c(F)ccc2cccc(-c3ncc4c(N5CCC[C@@](C)(O)C5)nc(OC[C@@H]5CCCN[C@H](COC(=O)Oc6ccc([N+](=O)[O-])cc6)CC5)nc4c3F)c12. The van der Waals surface area contributed by atoms with Crippen molar-refractivity contribution in [3.8, 4) is 23.0 Å². The van der Waals surface area contributed by atoms with Crippen LogP contribution in [0.15, 0.2) is 60.8 Å². The van der Waals surface area contributed by atoms with Crippen LogP contribution in [0.3, 0.4) is 0 Å². The van der Waals surface area contributed by atoms with Crippen LogP contribution in [0.4, 0.5) is 25.1 Å². The number of aliphatic hydroxyl groups is 1. The van der Waals surface area contributed by atoms with E-state index in [4.69, 9.17) is 19.2 Å². The van der Waals surface area contributed by atoms with Crippen molar-refractivity contribution in [2.75, 3.05) is 37.7 Å². The second-order valence-corrected chi connectivity index (χ2v) is 14.8. The molecule has 15 heteroatoms. The molecule has 2 fully saturated rings. The average Bonchev–Trinajstić information content (AvgIpc) is 3.17. The lowest BCUT2D eigenvalue weighted by Crippen LogP contribution is -2.46. The number of aryl methyl sites for hydroxylation is 1. The van der Waals surface area contributed by atoms with Crippen molar-refractivity contribution in [3.05, 3.63) is 88.1 Å². The zero-order valence-electron chi connectivity index (χ0n) is 31.3. The molecule has 3 aromatic carbocycles. The number of ether oxygens (including phenoxy) is 3. The fraction of sp³-hybridized carbons (Fsp3) is 0.415. The molecule has 0 saturated carbocycles. The first kappa shape index (κ1) is 38.7. The van der Waals surface area contributed by atoms with Gasteiger partial charge in [0.15, 0.2) is 5.82 Å². The summed E-state index contributed by atoms with van der Waals surface area (Å²) in [6.07, 6.45) is 5.45. The minimum absolute atomic E-state index is 0.000958. The second-order valence-electron chi connectivity index (χ2n) is 14.8. The van der Waals surface area contributed by atoms with Crippen LogP contribution in [0.1, 0.15) is 57.9 Å². The zero-order chi connectivity index (χ0) is 39.4. The summed E-state index contributed by atoms with van der Waals surface area (Å²) in [6, 6.07) is 13.5. The highest BCUT2D eigenvalue weighted by Crippen LogP contribution is 2.38. The molecule has 0 radical (unpaired) electrons. The molecular formula is C41H44F2N6O7. The van der Waals surface area contributed by atoms with Gasteiger partial charge < -0.3 is 29.5 Å². The van der Waals surface area contributed by atoms with Crippen LogP contribution in [0, 0.1) is 27.7 Å². The Balaban J connectivity index is 1.10. The molecule has 2 N–H and O–H groups in total. The van der Waals surface area contributed by atoms with Gasteiger partial charge in [0.25, 0.3) is 5.69 Å². The number of aromatic nitrogens is 3. The van der Waals surface area contributed by atoms with Gasteiger partial charge in [-0.2, -0.15) is 9.97 Å². The number of anilines is 1. The average molecular weight is 771 g/mol. The number of rotatable bonds is 10. The Morgan fingerprint density at radius 2 is 1.89 bits per heavy atom. The van der Waals surface area contributed by atoms with Gasteiger partial charge in [-0.05, 0) is 98.9 Å². The number of carbonyl (C=O) groups is 1. The smallest absolute Gasteiger partial charge is 0.463 e. The summed E-state index contributed by atoms with van der Waals surface area (Å²) in [5.41, 5.74) is -0.0866. The van der Waals surface area contributed by atoms with Gasteiger partial charge in [0.2, 0.25) is 0 Å². The molecule has 0 unspecified atom stereocenters. The van der Waals surface area contributed by atoms with Crippen LogP contribution in [0.25, 0.3) is 32.9 Å². The topological polar surface area (TPSA) is 162 Å². The lowest BCUT2D eigenvalue weighted by molar-refractivity contribution is -0.384. The molecule has 2 aliphatic heterocycles. The van der Waals surface area contributed by atoms with E-state index in [1.807, 2.05) is 17.9 Å². The van der Waals surface area contributed by atoms with E-state index in [9.17, 15) is 20.0 Å². The number of carbonyl (C=O) groups excluding carboxylic acids is 1. The molecule has 0 spiro atoms. The van der Waals surface area contributed by atoms with Crippen LogP contribution in [0.2, 0.25) is 0 Å².